The summed E-state index contributed by atoms with van der Waals surface area (Å²) in [6.45, 7) is 4.01. The van der Waals surface area contributed by atoms with Crippen LogP contribution in [0.15, 0.2) is 24.3 Å². The Hall–Kier alpha value is -2.55. The molecular weight excluding hydrogens is 320 g/mol. The average molecular weight is 344 g/mol. The van der Waals surface area contributed by atoms with Crippen molar-refractivity contribution >= 4 is 11.9 Å². The van der Waals surface area contributed by atoms with E-state index in [1.807, 2.05) is 0 Å². The summed E-state index contributed by atoms with van der Waals surface area (Å²) in [7, 11) is 0. The zero-order valence-electron chi connectivity index (χ0n) is 14.7. The topological polar surface area (TPSA) is 88.4 Å². The first kappa shape index (κ1) is 18.8. The minimum Gasteiger partial charge on any atom is -0.494 e. The molecule has 6 nitrogen and oxygen atoms in total. The fourth-order valence-electron chi connectivity index (χ4n) is 2.44. The number of nitriles is 1. The molecule has 1 atom stereocenters. The first-order chi connectivity index (χ1) is 12.0. The zero-order valence-corrected chi connectivity index (χ0v) is 14.7. The lowest BCUT2D eigenvalue weighted by Gasteiger charge is -2.22. The first-order valence-electron chi connectivity index (χ1n) is 8.60. The van der Waals surface area contributed by atoms with E-state index in [9.17, 15) is 14.9 Å². The van der Waals surface area contributed by atoms with E-state index in [2.05, 4.69) is 18.3 Å². The third kappa shape index (κ3) is 5.49. The van der Waals surface area contributed by atoms with Crippen molar-refractivity contribution in [1.29, 1.82) is 5.26 Å². The van der Waals surface area contributed by atoms with Crippen molar-refractivity contribution in [2.45, 2.75) is 45.1 Å². The molecule has 1 saturated carbocycles. The number of amides is 1. The Morgan fingerprint density at radius 1 is 1.32 bits per heavy atom. The summed E-state index contributed by atoms with van der Waals surface area (Å²) >= 11 is 0. The smallest absolute Gasteiger partial charge is 0.338 e. The highest BCUT2D eigenvalue weighted by molar-refractivity contribution is 5.91. The van der Waals surface area contributed by atoms with Crippen molar-refractivity contribution in [3.05, 3.63) is 29.8 Å². The van der Waals surface area contributed by atoms with Crippen LogP contribution >= 0.6 is 0 Å². The SMILES string of the molecule is CCCCOc1ccc(C(=O)OCC(=O)N[C@@](C)(C#N)C2CC2)cc1. The Balaban J connectivity index is 1.79. The number of hydrogen-bond donors (Lipinski definition) is 1. The minimum atomic E-state index is -0.888. The van der Waals surface area contributed by atoms with Crippen molar-refractivity contribution in [1.82, 2.24) is 5.32 Å². The van der Waals surface area contributed by atoms with E-state index in [0.29, 0.717) is 17.9 Å². The van der Waals surface area contributed by atoms with Crippen LogP contribution in [0.1, 0.15) is 49.9 Å². The lowest BCUT2D eigenvalue weighted by atomic mass is 9.98. The summed E-state index contributed by atoms with van der Waals surface area (Å²) in [5.74, 6) is -0.182. The second-order valence-corrected chi connectivity index (χ2v) is 6.44. The monoisotopic (exact) mass is 344 g/mol. The Bertz CT molecular complexity index is 646. The first-order valence-corrected chi connectivity index (χ1v) is 8.60. The van der Waals surface area contributed by atoms with Gasteiger partial charge < -0.3 is 14.8 Å². The van der Waals surface area contributed by atoms with Gasteiger partial charge in [-0.15, -0.1) is 0 Å². The van der Waals surface area contributed by atoms with E-state index < -0.39 is 24.0 Å². The van der Waals surface area contributed by atoms with Crippen LogP contribution in [-0.2, 0) is 9.53 Å². The lowest BCUT2D eigenvalue weighted by molar-refractivity contribution is -0.125. The van der Waals surface area contributed by atoms with Crippen LogP contribution in [0.25, 0.3) is 0 Å². The summed E-state index contributed by atoms with van der Waals surface area (Å²) in [6.07, 6.45) is 3.88. The van der Waals surface area contributed by atoms with Gasteiger partial charge in [-0.05, 0) is 56.4 Å². The summed E-state index contributed by atoms with van der Waals surface area (Å²) < 4.78 is 10.5. The van der Waals surface area contributed by atoms with Crippen molar-refractivity contribution in [3.63, 3.8) is 0 Å². The van der Waals surface area contributed by atoms with E-state index in [1.165, 1.54) is 0 Å². The molecule has 1 fully saturated rings. The molecule has 0 aliphatic heterocycles. The molecule has 0 aromatic heterocycles. The van der Waals surface area contributed by atoms with E-state index in [4.69, 9.17) is 9.47 Å². The summed E-state index contributed by atoms with van der Waals surface area (Å²) in [6, 6.07) is 8.74. The van der Waals surface area contributed by atoms with Crippen LogP contribution in [0.5, 0.6) is 5.75 Å². The number of carbonyl (C=O) groups excluding carboxylic acids is 2. The molecule has 1 aromatic carbocycles. The van der Waals surface area contributed by atoms with Gasteiger partial charge in [0.05, 0.1) is 18.2 Å². The van der Waals surface area contributed by atoms with Gasteiger partial charge in [0.25, 0.3) is 5.91 Å². The Kier molecular flexibility index (Phi) is 6.40. The second kappa shape index (κ2) is 8.52. The van der Waals surface area contributed by atoms with Gasteiger partial charge in [0.15, 0.2) is 6.61 Å². The van der Waals surface area contributed by atoms with Crippen LogP contribution in [0, 0.1) is 17.2 Å². The van der Waals surface area contributed by atoms with E-state index >= 15 is 0 Å². The van der Waals surface area contributed by atoms with E-state index in [1.54, 1.807) is 31.2 Å². The van der Waals surface area contributed by atoms with Gasteiger partial charge in [0.2, 0.25) is 0 Å². The Morgan fingerprint density at radius 3 is 2.56 bits per heavy atom. The molecule has 0 bridgehead atoms. The highest BCUT2D eigenvalue weighted by atomic mass is 16.5. The number of carbonyl (C=O) groups is 2. The van der Waals surface area contributed by atoms with Gasteiger partial charge in [0, 0.05) is 0 Å². The zero-order chi connectivity index (χ0) is 18.3. The molecule has 1 aromatic rings. The standard InChI is InChI=1S/C19H24N2O4/c1-3-4-11-24-16-9-5-14(6-10-16)18(23)25-12-17(22)21-19(2,13-20)15-7-8-15/h5-6,9-10,15H,3-4,7-8,11-12H2,1-2H3,(H,21,22)/t19-/m0/s1. The Labute approximate surface area is 148 Å². The normalized spacial score (nSPS) is 15.6. The highest BCUT2D eigenvalue weighted by Crippen LogP contribution is 2.39. The highest BCUT2D eigenvalue weighted by Gasteiger charge is 2.43. The molecule has 0 unspecified atom stereocenters. The molecule has 0 spiro atoms. The predicted molar refractivity (Wildman–Crippen MR) is 92.0 cm³/mol. The summed E-state index contributed by atoms with van der Waals surface area (Å²) in [5, 5.41) is 11.9. The summed E-state index contributed by atoms with van der Waals surface area (Å²) in [5.41, 5.74) is -0.540. The molecule has 0 radical (unpaired) electrons. The van der Waals surface area contributed by atoms with Gasteiger partial charge in [-0.3, -0.25) is 4.79 Å². The maximum absolute atomic E-state index is 12.0. The molecule has 2 rings (SSSR count). The van der Waals surface area contributed by atoms with Gasteiger partial charge in [-0.25, -0.2) is 4.79 Å². The lowest BCUT2D eigenvalue weighted by Crippen LogP contribution is -2.48. The number of rotatable bonds is 9. The molecule has 0 saturated heterocycles. The van der Waals surface area contributed by atoms with Crippen LogP contribution in [0.4, 0.5) is 0 Å². The number of esters is 1. The number of benzene rings is 1. The van der Waals surface area contributed by atoms with Crippen LogP contribution in [0.2, 0.25) is 0 Å². The number of unbranched alkanes of at least 4 members (excludes halogenated alkanes) is 1. The fourth-order valence-corrected chi connectivity index (χ4v) is 2.44. The predicted octanol–water partition coefficient (Wildman–Crippen LogP) is 2.83. The van der Waals surface area contributed by atoms with Gasteiger partial charge in [-0.1, -0.05) is 13.3 Å². The van der Waals surface area contributed by atoms with Crippen molar-refractivity contribution < 1.29 is 19.1 Å². The van der Waals surface area contributed by atoms with E-state index in [-0.39, 0.29) is 5.92 Å². The van der Waals surface area contributed by atoms with Crippen LogP contribution in [-0.4, -0.2) is 30.6 Å². The molecule has 6 heteroatoms. The van der Waals surface area contributed by atoms with Crippen molar-refractivity contribution in [3.8, 4) is 11.8 Å². The quantitative estimate of drug-likeness (QED) is 0.550. The molecule has 134 valence electrons. The second-order valence-electron chi connectivity index (χ2n) is 6.44. The fraction of sp³-hybridized carbons (Fsp3) is 0.526. The minimum absolute atomic E-state index is 0.178. The van der Waals surface area contributed by atoms with E-state index in [0.717, 1.165) is 25.7 Å². The molecule has 1 aliphatic rings. The molecule has 25 heavy (non-hydrogen) atoms. The molecule has 1 amide bonds. The third-order valence-electron chi connectivity index (χ3n) is 4.22. The molecule has 0 heterocycles. The largest absolute Gasteiger partial charge is 0.494 e. The Morgan fingerprint density at radius 2 is 2.00 bits per heavy atom. The van der Waals surface area contributed by atoms with Crippen LogP contribution in [0.3, 0.4) is 0 Å². The number of ether oxygens (including phenoxy) is 2. The number of hydrogen-bond acceptors (Lipinski definition) is 5. The van der Waals surface area contributed by atoms with Crippen molar-refractivity contribution in [2.24, 2.45) is 5.92 Å². The van der Waals surface area contributed by atoms with Crippen molar-refractivity contribution in [2.75, 3.05) is 13.2 Å². The maximum atomic E-state index is 12.0. The molecule has 1 aliphatic carbocycles. The van der Waals surface area contributed by atoms with Gasteiger partial charge >= 0.3 is 5.97 Å². The average Bonchev–Trinajstić information content (AvgIpc) is 3.46. The molecule has 1 N–H and O–H groups in total. The molecular formula is C19H24N2O4. The van der Waals surface area contributed by atoms with Crippen LogP contribution < -0.4 is 10.1 Å². The summed E-state index contributed by atoms with van der Waals surface area (Å²) in [4.78, 5) is 23.9. The third-order valence-corrected chi connectivity index (χ3v) is 4.22. The van der Waals surface area contributed by atoms with Gasteiger partial charge in [-0.2, -0.15) is 5.26 Å². The number of nitrogens with one attached hydrogen (secondary N) is 1. The maximum Gasteiger partial charge on any atom is 0.338 e. The van der Waals surface area contributed by atoms with Gasteiger partial charge in [0.1, 0.15) is 11.3 Å². The number of nitrogens with zero attached hydrogens (tertiary/aromatic N) is 1.